The van der Waals surface area contributed by atoms with Gasteiger partial charge < -0.3 is 14.3 Å². The number of rotatable bonds is 6. The van der Waals surface area contributed by atoms with E-state index in [2.05, 4.69) is 10.5 Å². The highest BCUT2D eigenvalue weighted by molar-refractivity contribution is 6.30. The van der Waals surface area contributed by atoms with Crippen LogP contribution in [-0.4, -0.2) is 36.6 Å². The maximum atomic E-state index is 12.4. The van der Waals surface area contributed by atoms with E-state index in [0.717, 1.165) is 17.1 Å². The van der Waals surface area contributed by atoms with Crippen molar-refractivity contribution in [3.63, 3.8) is 0 Å². The van der Waals surface area contributed by atoms with E-state index in [1.165, 1.54) is 0 Å². The average Bonchev–Trinajstić information content (AvgIpc) is 3.25. The number of likely N-dealkylation sites (N-methyl/N-ethyl adjacent to an activating group) is 1. The summed E-state index contributed by atoms with van der Waals surface area (Å²) >= 11 is 5.88. The molecule has 3 rings (SSSR count). The first-order valence-electron chi connectivity index (χ1n) is 8.17. The van der Waals surface area contributed by atoms with Gasteiger partial charge in [-0.25, -0.2) is 0 Å². The fourth-order valence-corrected chi connectivity index (χ4v) is 2.71. The van der Waals surface area contributed by atoms with Crippen LogP contribution in [0.15, 0.2) is 51.4 Å². The highest BCUT2D eigenvalue weighted by atomic mass is 35.5. The summed E-state index contributed by atoms with van der Waals surface area (Å²) in [5.74, 6) is 1.85. The summed E-state index contributed by atoms with van der Waals surface area (Å²) in [4.78, 5) is 14.4. The molecule has 27 heavy (non-hydrogen) atoms. The zero-order valence-electron chi connectivity index (χ0n) is 15.2. The second kappa shape index (κ2) is 9.08. The molecule has 8 heteroatoms. The monoisotopic (exact) mass is 409 g/mol. The third kappa shape index (κ3) is 5.13. The van der Waals surface area contributed by atoms with Gasteiger partial charge in [-0.2, -0.15) is 0 Å². The summed E-state index contributed by atoms with van der Waals surface area (Å²) in [5, 5.41) is 7.37. The maximum absolute atomic E-state index is 12.4. The smallest absolute Gasteiger partial charge is 0.273 e. The molecule has 1 N–H and O–H groups in total. The van der Waals surface area contributed by atoms with Crippen LogP contribution in [0.1, 0.15) is 28.1 Å². The lowest BCUT2D eigenvalue weighted by Crippen LogP contribution is -2.34. The van der Waals surface area contributed by atoms with Crippen molar-refractivity contribution in [2.24, 2.45) is 0 Å². The Balaban J connectivity index is 0.00000261. The number of benzene rings is 1. The third-order valence-electron chi connectivity index (χ3n) is 4.04. The first kappa shape index (κ1) is 21.0. The molecule has 0 fully saturated rings. The minimum atomic E-state index is -0.302. The van der Waals surface area contributed by atoms with Gasteiger partial charge in [0.1, 0.15) is 11.5 Å². The zero-order chi connectivity index (χ0) is 18.7. The fraction of sp³-hybridized carbons (Fsp3) is 0.263. The van der Waals surface area contributed by atoms with Crippen molar-refractivity contribution >= 4 is 29.9 Å². The summed E-state index contributed by atoms with van der Waals surface area (Å²) in [7, 11) is 3.87. The number of aromatic nitrogens is 1. The molecular formula is C19H21Cl2N3O3. The number of amides is 1. The summed E-state index contributed by atoms with van der Waals surface area (Å²) in [6.07, 6.45) is 0. The molecule has 2 heterocycles. The molecule has 1 aromatic carbocycles. The van der Waals surface area contributed by atoms with Crippen LogP contribution in [0.5, 0.6) is 0 Å². The molecule has 0 saturated heterocycles. The maximum Gasteiger partial charge on any atom is 0.273 e. The number of hydrogen-bond donors (Lipinski definition) is 1. The highest BCUT2D eigenvalue weighted by Gasteiger charge is 2.20. The second-order valence-corrected chi connectivity index (χ2v) is 6.66. The van der Waals surface area contributed by atoms with E-state index in [0.29, 0.717) is 17.3 Å². The predicted octanol–water partition coefficient (Wildman–Crippen LogP) is 4.35. The summed E-state index contributed by atoms with van der Waals surface area (Å²) in [6.45, 7) is 2.28. The molecule has 2 aromatic heterocycles. The van der Waals surface area contributed by atoms with E-state index in [-0.39, 0.29) is 30.0 Å². The lowest BCUT2D eigenvalue weighted by atomic mass is 10.1. The second-order valence-electron chi connectivity index (χ2n) is 6.22. The molecule has 1 atom stereocenters. The lowest BCUT2D eigenvalue weighted by molar-refractivity contribution is 0.0930. The first-order chi connectivity index (χ1) is 12.4. The van der Waals surface area contributed by atoms with Crippen LogP contribution < -0.4 is 5.32 Å². The van der Waals surface area contributed by atoms with Gasteiger partial charge in [0, 0.05) is 23.2 Å². The summed E-state index contributed by atoms with van der Waals surface area (Å²) < 4.78 is 10.9. The van der Waals surface area contributed by atoms with Gasteiger partial charge in [-0.05, 0) is 57.4 Å². The van der Waals surface area contributed by atoms with E-state index < -0.39 is 0 Å². The Bertz CT molecular complexity index is 888. The molecular weight excluding hydrogens is 389 g/mol. The van der Waals surface area contributed by atoms with Crippen molar-refractivity contribution in [1.29, 1.82) is 0 Å². The SMILES string of the molecule is Cc1ccc(C(CNC(=O)c2cc(-c3ccc(Cl)cc3)on2)N(C)C)o1.Cl. The normalized spacial score (nSPS) is 11.9. The molecule has 1 amide bonds. The fourth-order valence-electron chi connectivity index (χ4n) is 2.58. The number of nitrogens with zero attached hydrogens (tertiary/aromatic N) is 2. The van der Waals surface area contributed by atoms with Crippen LogP contribution in [0, 0.1) is 6.92 Å². The van der Waals surface area contributed by atoms with Gasteiger partial charge in [0.05, 0.1) is 6.04 Å². The molecule has 144 valence electrons. The number of carbonyl (C=O) groups excluding carboxylic acids is 1. The van der Waals surface area contributed by atoms with Gasteiger partial charge in [0.2, 0.25) is 0 Å². The van der Waals surface area contributed by atoms with E-state index in [1.807, 2.05) is 50.2 Å². The number of nitrogens with one attached hydrogen (secondary N) is 1. The number of furan rings is 1. The van der Waals surface area contributed by atoms with Crippen LogP contribution in [-0.2, 0) is 0 Å². The van der Waals surface area contributed by atoms with Crippen LogP contribution >= 0.6 is 24.0 Å². The minimum absolute atomic E-state index is 0. The van der Waals surface area contributed by atoms with E-state index in [4.69, 9.17) is 20.5 Å². The minimum Gasteiger partial charge on any atom is -0.465 e. The topological polar surface area (TPSA) is 71.5 Å². The molecule has 6 nitrogen and oxygen atoms in total. The molecule has 0 radical (unpaired) electrons. The van der Waals surface area contributed by atoms with Crippen molar-refractivity contribution < 1.29 is 13.7 Å². The van der Waals surface area contributed by atoms with Crippen molar-refractivity contribution in [2.45, 2.75) is 13.0 Å². The van der Waals surface area contributed by atoms with E-state index in [9.17, 15) is 4.79 Å². The third-order valence-corrected chi connectivity index (χ3v) is 4.29. The first-order valence-corrected chi connectivity index (χ1v) is 8.55. The molecule has 0 saturated carbocycles. The summed E-state index contributed by atoms with van der Waals surface area (Å²) in [5.41, 5.74) is 1.03. The molecule has 0 aliphatic carbocycles. The number of hydrogen-bond acceptors (Lipinski definition) is 5. The molecule has 0 bridgehead atoms. The van der Waals surface area contributed by atoms with Crippen LogP contribution in [0.25, 0.3) is 11.3 Å². The van der Waals surface area contributed by atoms with Crippen LogP contribution in [0.2, 0.25) is 5.02 Å². The van der Waals surface area contributed by atoms with Gasteiger partial charge in [0.25, 0.3) is 5.91 Å². The molecule has 0 spiro atoms. The lowest BCUT2D eigenvalue weighted by Gasteiger charge is -2.22. The quantitative estimate of drug-likeness (QED) is 0.654. The van der Waals surface area contributed by atoms with Gasteiger partial charge >= 0.3 is 0 Å². The average molecular weight is 410 g/mol. The predicted molar refractivity (Wildman–Crippen MR) is 106 cm³/mol. The van der Waals surface area contributed by atoms with Gasteiger partial charge in [-0.1, -0.05) is 16.8 Å². The molecule has 0 aliphatic heterocycles. The van der Waals surface area contributed by atoms with E-state index >= 15 is 0 Å². The Labute approximate surface area is 168 Å². The van der Waals surface area contributed by atoms with Gasteiger partial charge in [0.15, 0.2) is 11.5 Å². The highest BCUT2D eigenvalue weighted by Crippen LogP contribution is 2.23. The Hall–Kier alpha value is -2.28. The largest absolute Gasteiger partial charge is 0.465 e. The molecule has 3 aromatic rings. The van der Waals surface area contributed by atoms with E-state index in [1.54, 1.807) is 18.2 Å². The zero-order valence-corrected chi connectivity index (χ0v) is 16.8. The number of carbonyl (C=O) groups is 1. The standard InChI is InChI=1S/C19H20ClN3O3.ClH/c1-12-4-9-17(25-12)16(23(2)3)11-21-19(24)15-10-18(26-22-15)13-5-7-14(20)8-6-13;/h4-10,16H,11H2,1-3H3,(H,21,24);1H. The number of halogens is 2. The molecule has 1 unspecified atom stereocenters. The van der Waals surface area contributed by atoms with Gasteiger partial charge in [-0.3, -0.25) is 9.69 Å². The Kier molecular flexibility index (Phi) is 7.07. The number of aryl methyl sites for hydroxylation is 1. The van der Waals surface area contributed by atoms with Crippen molar-refractivity contribution in [3.05, 3.63) is 64.7 Å². The van der Waals surface area contributed by atoms with Crippen molar-refractivity contribution in [3.8, 4) is 11.3 Å². The van der Waals surface area contributed by atoms with Crippen molar-refractivity contribution in [1.82, 2.24) is 15.4 Å². The Morgan fingerprint density at radius 2 is 1.93 bits per heavy atom. The van der Waals surface area contributed by atoms with Gasteiger partial charge in [-0.15, -0.1) is 12.4 Å². The summed E-state index contributed by atoms with van der Waals surface area (Å²) in [6, 6.07) is 12.5. The van der Waals surface area contributed by atoms with Crippen LogP contribution in [0.4, 0.5) is 0 Å². The Morgan fingerprint density at radius 1 is 1.22 bits per heavy atom. The van der Waals surface area contributed by atoms with Crippen molar-refractivity contribution in [2.75, 3.05) is 20.6 Å². The molecule has 0 aliphatic rings. The Morgan fingerprint density at radius 3 is 2.52 bits per heavy atom. The van der Waals surface area contributed by atoms with Crippen LogP contribution in [0.3, 0.4) is 0 Å².